The van der Waals surface area contributed by atoms with E-state index in [0.717, 1.165) is 16.2 Å². The van der Waals surface area contributed by atoms with E-state index in [2.05, 4.69) is 5.32 Å². The minimum absolute atomic E-state index is 0.0195. The average Bonchev–Trinajstić information content (AvgIpc) is 2.46. The molecular weight excluding hydrogens is 306 g/mol. The first-order chi connectivity index (χ1) is 10.3. The Bertz CT molecular complexity index is 791. The van der Waals surface area contributed by atoms with Gasteiger partial charge in [-0.25, -0.2) is 8.42 Å². The summed E-state index contributed by atoms with van der Waals surface area (Å²) in [6.07, 6.45) is 0.993. The third kappa shape index (κ3) is 3.53. The lowest BCUT2D eigenvalue weighted by molar-refractivity contribution is -0.384. The molecule has 1 N–H and O–H groups in total. The fraction of sp³-hybridized carbons (Fsp3) is 0.143. The van der Waals surface area contributed by atoms with Crippen LogP contribution in [0.3, 0.4) is 0 Å². The molecule has 0 aromatic heterocycles. The number of anilines is 3. The molecule has 116 valence electrons. The fourth-order valence-corrected chi connectivity index (χ4v) is 2.39. The van der Waals surface area contributed by atoms with E-state index in [1.165, 1.54) is 19.2 Å². The van der Waals surface area contributed by atoms with Crippen molar-refractivity contribution in [1.82, 2.24) is 0 Å². The number of nitro groups is 1. The third-order valence-electron chi connectivity index (χ3n) is 3.07. The maximum atomic E-state index is 11.6. The number of para-hydroxylation sites is 1. The van der Waals surface area contributed by atoms with Gasteiger partial charge in [0.15, 0.2) is 0 Å². The van der Waals surface area contributed by atoms with Crippen LogP contribution >= 0.6 is 0 Å². The summed E-state index contributed by atoms with van der Waals surface area (Å²) in [6.45, 7) is 0. The lowest BCUT2D eigenvalue weighted by Gasteiger charge is -2.17. The van der Waals surface area contributed by atoms with Crippen LogP contribution < -0.4 is 9.62 Å². The summed E-state index contributed by atoms with van der Waals surface area (Å²) in [5.41, 5.74) is 1.02. The van der Waals surface area contributed by atoms with Crippen molar-refractivity contribution in [2.75, 3.05) is 22.9 Å². The quantitative estimate of drug-likeness (QED) is 0.675. The highest BCUT2D eigenvalue weighted by atomic mass is 32.2. The van der Waals surface area contributed by atoms with Gasteiger partial charge in [-0.05, 0) is 24.3 Å². The van der Waals surface area contributed by atoms with Gasteiger partial charge in [0, 0.05) is 24.5 Å². The Kier molecular flexibility index (Phi) is 4.32. The molecule has 0 saturated carbocycles. The Morgan fingerprint density at radius 2 is 1.73 bits per heavy atom. The van der Waals surface area contributed by atoms with Crippen LogP contribution in [0.25, 0.3) is 0 Å². The molecule has 2 aromatic rings. The molecule has 2 rings (SSSR count). The first kappa shape index (κ1) is 15.8. The Balaban J connectivity index is 2.42. The first-order valence-electron chi connectivity index (χ1n) is 6.33. The highest BCUT2D eigenvalue weighted by molar-refractivity contribution is 7.92. The van der Waals surface area contributed by atoms with Gasteiger partial charge in [0.2, 0.25) is 10.0 Å². The summed E-state index contributed by atoms with van der Waals surface area (Å²) in [5.74, 6) is 0. The van der Waals surface area contributed by atoms with Gasteiger partial charge in [-0.2, -0.15) is 0 Å². The summed E-state index contributed by atoms with van der Waals surface area (Å²) < 4.78 is 24.0. The van der Waals surface area contributed by atoms with Crippen molar-refractivity contribution in [3.05, 3.63) is 58.6 Å². The van der Waals surface area contributed by atoms with E-state index in [1.807, 2.05) is 30.3 Å². The SMILES string of the molecule is CN(c1ccc(Nc2ccccc2)cc1[N+](=O)[O-])S(C)(=O)=O. The molecule has 0 aliphatic heterocycles. The van der Waals surface area contributed by atoms with Gasteiger partial charge in [-0.15, -0.1) is 0 Å². The van der Waals surface area contributed by atoms with E-state index in [0.29, 0.717) is 5.69 Å². The minimum atomic E-state index is -3.58. The standard InChI is InChI=1S/C14H15N3O4S/c1-16(22(2,20)21)13-9-8-12(10-14(13)17(18)19)15-11-6-4-3-5-7-11/h3-10,15H,1-2H3. The molecule has 0 fully saturated rings. The van der Waals surface area contributed by atoms with E-state index < -0.39 is 14.9 Å². The second kappa shape index (κ2) is 6.02. The van der Waals surface area contributed by atoms with Crippen molar-refractivity contribution in [1.29, 1.82) is 0 Å². The van der Waals surface area contributed by atoms with Crippen LogP contribution in [0.5, 0.6) is 0 Å². The van der Waals surface area contributed by atoms with Crippen molar-refractivity contribution >= 4 is 32.8 Å². The molecule has 0 bridgehead atoms. The van der Waals surface area contributed by atoms with E-state index >= 15 is 0 Å². The zero-order valence-corrected chi connectivity index (χ0v) is 12.9. The van der Waals surface area contributed by atoms with Crippen LogP contribution in [0, 0.1) is 10.1 Å². The monoisotopic (exact) mass is 321 g/mol. The third-order valence-corrected chi connectivity index (χ3v) is 4.26. The number of benzene rings is 2. The molecule has 7 nitrogen and oxygen atoms in total. The highest BCUT2D eigenvalue weighted by Gasteiger charge is 2.23. The zero-order chi connectivity index (χ0) is 16.3. The van der Waals surface area contributed by atoms with Crippen LogP contribution in [0.15, 0.2) is 48.5 Å². The van der Waals surface area contributed by atoms with Crippen LogP contribution in [-0.2, 0) is 10.0 Å². The summed E-state index contributed by atoms with van der Waals surface area (Å²) in [6, 6.07) is 13.5. The topological polar surface area (TPSA) is 92.5 Å². The van der Waals surface area contributed by atoms with Crippen molar-refractivity contribution in [2.45, 2.75) is 0 Å². The van der Waals surface area contributed by atoms with Gasteiger partial charge in [0.25, 0.3) is 5.69 Å². The number of nitro benzene ring substituents is 1. The van der Waals surface area contributed by atoms with Gasteiger partial charge in [-0.1, -0.05) is 18.2 Å². The molecular formula is C14H15N3O4S. The second-order valence-electron chi connectivity index (χ2n) is 4.68. The molecule has 8 heteroatoms. The first-order valence-corrected chi connectivity index (χ1v) is 8.18. The molecule has 0 radical (unpaired) electrons. The zero-order valence-electron chi connectivity index (χ0n) is 12.1. The number of hydrogen-bond donors (Lipinski definition) is 1. The number of hydrogen-bond acceptors (Lipinski definition) is 5. The predicted molar refractivity (Wildman–Crippen MR) is 86.1 cm³/mol. The second-order valence-corrected chi connectivity index (χ2v) is 6.70. The number of rotatable bonds is 5. The lowest BCUT2D eigenvalue weighted by atomic mass is 10.2. The van der Waals surface area contributed by atoms with Gasteiger partial charge in [0.05, 0.1) is 11.2 Å². The normalized spacial score (nSPS) is 11.0. The predicted octanol–water partition coefficient (Wildman–Crippen LogP) is 2.73. The van der Waals surface area contributed by atoms with Crippen molar-refractivity contribution in [3.63, 3.8) is 0 Å². The van der Waals surface area contributed by atoms with Crippen molar-refractivity contribution < 1.29 is 13.3 Å². The molecule has 0 unspecified atom stereocenters. The number of sulfonamides is 1. The summed E-state index contributed by atoms with van der Waals surface area (Å²) in [7, 11) is -2.30. The minimum Gasteiger partial charge on any atom is -0.355 e. The van der Waals surface area contributed by atoms with Crippen molar-refractivity contribution in [3.8, 4) is 0 Å². The molecule has 0 heterocycles. The molecule has 0 saturated heterocycles. The molecule has 0 aliphatic carbocycles. The lowest BCUT2D eigenvalue weighted by Crippen LogP contribution is -2.25. The fourth-order valence-electron chi connectivity index (χ4n) is 1.88. The van der Waals surface area contributed by atoms with E-state index in [4.69, 9.17) is 0 Å². The van der Waals surface area contributed by atoms with Crippen LogP contribution in [0.2, 0.25) is 0 Å². The molecule has 0 spiro atoms. The summed E-state index contributed by atoms with van der Waals surface area (Å²) in [5, 5.41) is 14.2. The van der Waals surface area contributed by atoms with Crippen molar-refractivity contribution in [2.24, 2.45) is 0 Å². The highest BCUT2D eigenvalue weighted by Crippen LogP contribution is 2.32. The maximum Gasteiger partial charge on any atom is 0.295 e. The molecule has 0 aliphatic rings. The van der Waals surface area contributed by atoms with Gasteiger partial charge in [0.1, 0.15) is 5.69 Å². The molecule has 2 aromatic carbocycles. The maximum absolute atomic E-state index is 11.6. The van der Waals surface area contributed by atoms with E-state index in [1.54, 1.807) is 6.07 Å². The van der Waals surface area contributed by atoms with Gasteiger partial charge < -0.3 is 5.32 Å². The van der Waals surface area contributed by atoms with Gasteiger partial charge >= 0.3 is 0 Å². The Labute approximate surface area is 128 Å². The number of nitrogens with zero attached hydrogens (tertiary/aromatic N) is 2. The largest absolute Gasteiger partial charge is 0.355 e. The average molecular weight is 321 g/mol. The molecule has 0 amide bonds. The van der Waals surface area contributed by atoms with Gasteiger partial charge in [-0.3, -0.25) is 14.4 Å². The molecule has 22 heavy (non-hydrogen) atoms. The number of nitrogens with one attached hydrogen (secondary N) is 1. The Morgan fingerprint density at radius 3 is 2.27 bits per heavy atom. The van der Waals surface area contributed by atoms with E-state index in [-0.39, 0.29) is 11.4 Å². The van der Waals surface area contributed by atoms with Crippen LogP contribution in [0.1, 0.15) is 0 Å². The smallest absolute Gasteiger partial charge is 0.295 e. The van der Waals surface area contributed by atoms with E-state index in [9.17, 15) is 18.5 Å². The molecule has 0 atom stereocenters. The Morgan fingerprint density at radius 1 is 1.09 bits per heavy atom. The van der Waals surface area contributed by atoms with Crippen LogP contribution in [-0.4, -0.2) is 26.6 Å². The summed E-state index contributed by atoms with van der Waals surface area (Å²) in [4.78, 5) is 10.6. The Hall–Kier alpha value is -2.61. The van der Waals surface area contributed by atoms with Crippen LogP contribution in [0.4, 0.5) is 22.7 Å². The summed E-state index contributed by atoms with van der Waals surface area (Å²) >= 11 is 0.